The number of carbonyl (C=O) groups excluding carboxylic acids is 5. The van der Waals surface area contributed by atoms with Gasteiger partial charge in [-0.25, -0.2) is 4.79 Å². The SMILES string of the molecule is COC(=O)[C@H](Cc1ccccc1)NC(=O)[C@H](CC(C)C)NC(=O)C[C@H](O)C(CC(C)C)NC(=O)[C@H](CC(C)C)NC(=O)COc1ccccc1. The maximum Gasteiger partial charge on any atom is 0.328 e. The molecule has 1 unspecified atom stereocenters. The molecule has 0 aliphatic heterocycles. The highest BCUT2D eigenvalue weighted by atomic mass is 16.5. The molecule has 0 radical (unpaired) electrons. The average Bonchev–Trinajstić information content (AvgIpc) is 3.06. The third-order valence-electron chi connectivity index (χ3n) is 7.83. The Morgan fingerprint density at radius 3 is 1.66 bits per heavy atom. The van der Waals surface area contributed by atoms with Gasteiger partial charge in [-0.2, -0.15) is 0 Å². The summed E-state index contributed by atoms with van der Waals surface area (Å²) in [7, 11) is 1.24. The van der Waals surface area contributed by atoms with Crippen LogP contribution in [0.15, 0.2) is 60.7 Å². The topological polar surface area (TPSA) is 172 Å². The standard InChI is InChI=1S/C38H56N4O8/c1-24(2)18-29(41-36(46)31(20-26(5)6)40-35(45)23-50-28-16-12-9-13-17-28)33(43)22-34(44)39-30(19-25(3)4)37(47)42-32(38(48)49-7)21-27-14-10-8-11-15-27/h8-17,24-26,29-33,43H,18-23H2,1-7H3,(H,39,44)(H,40,45)(H,41,46)(H,42,47)/t29?,30-,31-,32-,33-/m0/s1. The van der Waals surface area contributed by atoms with Gasteiger partial charge in [0.1, 0.15) is 23.9 Å². The van der Waals surface area contributed by atoms with Crippen LogP contribution < -0.4 is 26.0 Å². The lowest BCUT2D eigenvalue weighted by Gasteiger charge is -2.29. The zero-order valence-electron chi connectivity index (χ0n) is 30.4. The maximum atomic E-state index is 13.5. The predicted molar refractivity (Wildman–Crippen MR) is 191 cm³/mol. The summed E-state index contributed by atoms with van der Waals surface area (Å²) in [6.07, 6.45) is -0.497. The van der Waals surface area contributed by atoms with Crippen molar-refractivity contribution in [1.29, 1.82) is 0 Å². The molecule has 276 valence electrons. The zero-order chi connectivity index (χ0) is 37.2. The number of rotatable bonds is 21. The van der Waals surface area contributed by atoms with Gasteiger partial charge in [0.2, 0.25) is 17.7 Å². The van der Waals surface area contributed by atoms with Gasteiger partial charge in [0.25, 0.3) is 5.91 Å². The number of methoxy groups -OCH3 is 1. The minimum Gasteiger partial charge on any atom is -0.484 e. The smallest absolute Gasteiger partial charge is 0.328 e. The second kappa shape index (κ2) is 21.6. The minimum absolute atomic E-state index is 0.0147. The van der Waals surface area contributed by atoms with E-state index in [2.05, 4.69) is 21.3 Å². The van der Waals surface area contributed by atoms with Crippen LogP contribution in [0.5, 0.6) is 5.75 Å². The highest BCUT2D eigenvalue weighted by Gasteiger charge is 2.32. The molecule has 0 aromatic heterocycles. The molecular weight excluding hydrogens is 640 g/mol. The predicted octanol–water partition coefficient (Wildman–Crippen LogP) is 3.31. The lowest BCUT2D eigenvalue weighted by atomic mass is 9.95. The van der Waals surface area contributed by atoms with Gasteiger partial charge in [-0.1, -0.05) is 90.1 Å². The molecule has 0 fully saturated rings. The van der Waals surface area contributed by atoms with Gasteiger partial charge in [0.15, 0.2) is 6.61 Å². The van der Waals surface area contributed by atoms with E-state index in [0.717, 1.165) is 5.56 Å². The Hall–Kier alpha value is -4.45. The summed E-state index contributed by atoms with van der Waals surface area (Å²) in [4.78, 5) is 65.5. The Labute approximate surface area is 296 Å². The Morgan fingerprint density at radius 2 is 1.14 bits per heavy atom. The summed E-state index contributed by atoms with van der Waals surface area (Å²) in [5.41, 5.74) is 0.824. The minimum atomic E-state index is -1.29. The molecule has 5 atom stereocenters. The van der Waals surface area contributed by atoms with Gasteiger partial charge in [0.05, 0.1) is 25.7 Å². The number of ether oxygens (including phenoxy) is 2. The molecule has 0 bridgehead atoms. The van der Waals surface area contributed by atoms with E-state index in [1.807, 2.05) is 77.9 Å². The van der Waals surface area contributed by atoms with Crippen LogP contribution in [-0.4, -0.2) is 78.7 Å². The highest BCUT2D eigenvalue weighted by Crippen LogP contribution is 2.15. The van der Waals surface area contributed by atoms with Gasteiger partial charge >= 0.3 is 5.97 Å². The van der Waals surface area contributed by atoms with E-state index in [-0.39, 0.29) is 37.2 Å². The molecule has 0 saturated carbocycles. The largest absolute Gasteiger partial charge is 0.484 e. The molecule has 12 nitrogen and oxygen atoms in total. The Morgan fingerprint density at radius 1 is 0.640 bits per heavy atom. The molecule has 2 aromatic carbocycles. The summed E-state index contributed by atoms with van der Waals surface area (Å²) < 4.78 is 10.4. The third-order valence-corrected chi connectivity index (χ3v) is 7.83. The van der Waals surface area contributed by atoms with Gasteiger partial charge in [0, 0.05) is 6.42 Å². The molecule has 0 aliphatic rings. The molecule has 0 spiro atoms. The van der Waals surface area contributed by atoms with Crippen molar-refractivity contribution in [3.63, 3.8) is 0 Å². The van der Waals surface area contributed by atoms with Gasteiger partial charge < -0.3 is 35.8 Å². The fraction of sp³-hybridized carbons (Fsp3) is 0.553. The number of nitrogens with one attached hydrogen (secondary N) is 4. The van der Waals surface area contributed by atoms with Gasteiger partial charge in [-0.3, -0.25) is 19.2 Å². The average molecular weight is 697 g/mol. The van der Waals surface area contributed by atoms with E-state index in [9.17, 15) is 29.1 Å². The van der Waals surface area contributed by atoms with Crippen LogP contribution in [0.4, 0.5) is 0 Å². The molecule has 2 rings (SSSR count). The number of hydrogen-bond donors (Lipinski definition) is 5. The molecule has 0 heterocycles. The first kappa shape index (κ1) is 41.7. The van der Waals surface area contributed by atoms with E-state index in [4.69, 9.17) is 9.47 Å². The maximum absolute atomic E-state index is 13.5. The number of benzene rings is 2. The van der Waals surface area contributed by atoms with Crippen LogP contribution in [0.1, 0.15) is 72.8 Å². The lowest BCUT2D eigenvalue weighted by molar-refractivity contribution is -0.145. The van der Waals surface area contributed by atoms with E-state index < -0.39 is 66.3 Å². The zero-order valence-corrected chi connectivity index (χ0v) is 30.4. The van der Waals surface area contributed by atoms with E-state index in [1.54, 1.807) is 24.3 Å². The Bertz CT molecular complexity index is 1350. The fourth-order valence-electron chi connectivity index (χ4n) is 5.45. The summed E-state index contributed by atoms with van der Waals surface area (Å²) in [6.45, 7) is 11.2. The van der Waals surface area contributed by atoms with Crippen LogP contribution in [0.2, 0.25) is 0 Å². The van der Waals surface area contributed by atoms with Crippen molar-refractivity contribution in [2.24, 2.45) is 17.8 Å². The quantitative estimate of drug-likeness (QED) is 0.124. The second-order valence-corrected chi connectivity index (χ2v) is 13.9. The molecule has 0 aliphatic carbocycles. The fourth-order valence-corrected chi connectivity index (χ4v) is 5.45. The number of para-hydroxylation sites is 1. The first-order valence-electron chi connectivity index (χ1n) is 17.4. The summed E-state index contributed by atoms with van der Waals surface area (Å²) in [5.74, 6) is -2.06. The molecule has 12 heteroatoms. The molecular formula is C38H56N4O8. The summed E-state index contributed by atoms with van der Waals surface area (Å²) in [5, 5.41) is 22.3. The summed E-state index contributed by atoms with van der Waals surface area (Å²) in [6, 6.07) is 14.4. The van der Waals surface area contributed by atoms with Crippen molar-refractivity contribution < 1.29 is 38.6 Å². The van der Waals surface area contributed by atoms with Crippen LogP contribution in [-0.2, 0) is 35.1 Å². The Balaban J connectivity index is 2.10. The van der Waals surface area contributed by atoms with Crippen molar-refractivity contribution in [3.05, 3.63) is 66.2 Å². The van der Waals surface area contributed by atoms with Crippen LogP contribution in [0.3, 0.4) is 0 Å². The lowest BCUT2D eigenvalue weighted by Crippen LogP contribution is -2.55. The number of amides is 4. The first-order valence-corrected chi connectivity index (χ1v) is 17.4. The van der Waals surface area contributed by atoms with Crippen molar-refractivity contribution in [1.82, 2.24) is 21.3 Å². The van der Waals surface area contributed by atoms with Crippen molar-refractivity contribution >= 4 is 29.6 Å². The first-order chi connectivity index (χ1) is 23.7. The van der Waals surface area contributed by atoms with Crippen molar-refractivity contribution in [3.8, 4) is 5.75 Å². The number of aliphatic hydroxyl groups is 1. The van der Waals surface area contributed by atoms with Crippen LogP contribution >= 0.6 is 0 Å². The van der Waals surface area contributed by atoms with Crippen molar-refractivity contribution in [2.75, 3.05) is 13.7 Å². The third kappa shape index (κ3) is 15.8. The molecule has 5 N–H and O–H groups in total. The monoisotopic (exact) mass is 696 g/mol. The van der Waals surface area contributed by atoms with Gasteiger partial charge in [-0.05, 0) is 54.7 Å². The normalized spacial score (nSPS) is 14.2. The molecule has 4 amide bonds. The van der Waals surface area contributed by atoms with Gasteiger partial charge in [-0.15, -0.1) is 0 Å². The van der Waals surface area contributed by atoms with Crippen LogP contribution in [0, 0.1) is 17.8 Å². The molecule has 0 saturated heterocycles. The Kier molecular flexibility index (Phi) is 18.0. The van der Waals surface area contributed by atoms with Crippen molar-refractivity contribution in [2.45, 2.75) is 104 Å². The highest BCUT2D eigenvalue weighted by molar-refractivity contribution is 5.91. The molecule has 50 heavy (non-hydrogen) atoms. The number of aliphatic hydroxyl groups excluding tert-OH is 1. The van der Waals surface area contributed by atoms with Crippen LogP contribution in [0.25, 0.3) is 0 Å². The number of hydrogen-bond acceptors (Lipinski definition) is 8. The summed E-state index contributed by atoms with van der Waals surface area (Å²) >= 11 is 0. The van der Waals surface area contributed by atoms with E-state index >= 15 is 0 Å². The number of esters is 1. The number of carbonyl (C=O) groups is 5. The second-order valence-electron chi connectivity index (χ2n) is 13.9. The van der Waals surface area contributed by atoms with E-state index in [1.165, 1.54) is 7.11 Å². The van der Waals surface area contributed by atoms with E-state index in [0.29, 0.717) is 18.6 Å². The molecule has 2 aromatic rings.